The van der Waals surface area contributed by atoms with Crippen LogP contribution >= 0.6 is 0 Å². The van der Waals surface area contributed by atoms with Crippen molar-refractivity contribution >= 4 is 23.4 Å². The minimum atomic E-state index is -0.937. The predicted molar refractivity (Wildman–Crippen MR) is 136 cm³/mol. The van der Waals surface area contributed by atoms with Crippen LogP contribution < -0.4 is 20.3 Å². The first-order chi connectivity index (χ1) is 17.6. The first kappa shape index (κ1) is 25.0. The molecule has 2 N–H and O–H groups in total. The van der Waals surface area contributed by atoms with Gasteiger partial charge in [-0.15, -0.1) is 0 Å². The number of benzene rings is 2. The summed E-state index contributed by atoms with van der Waals surface area (Å²) in [5.74, 6) is -0.575. The van der Waals surface area contributed by atoms with Gasteiger partial charge in [-0.3, -0.25) is 19.3 Å². The lowest BCUT2D eigenvalue weighted by Crippen LogP contribution is -2.49. The van der Waals surface area contributed by atoms with Crippen molar-refractivity contribution < 1.29 is 23.5 Å². The maximum Gasteiger partial charge on any atom is 0.287 e. The lowest BCUT2D eigenvalue weighted by atomic mass is 9.94. The Bertz CT molecular complexity index is 1160. The lowest BCUT2D eigenvalue weighted by Gasteiger charge is -2.33. The van der Waals surface area contributed by atoms with E-state index in [1.165, 1.54) is 17.2 Å². The molecule has 0 saturated heterocycles. The van der Waals surface area contributed by atoms with Crippen LogP contribution in [-0.2, 0) is 9.59 Å². The number of amides is 3. The van der Waals surface area contributed by atoms with E-state index in [4.69, 9.17) is 9.15 Å². The molecule has 1 fully saturated rings. The number of nitrogens with one attached hydrogen (secondary N) is 2. The summed E-state index contributed by atoms with van der Waals surface area (Å²) in [6.45, 7) is -0.323. The van der Waals surface area contributed by atoms with Gasteiger partial charge in [-0.05, 0) is 42.7 Å². The Labute approximate surface area is 210 Å². The van der Waals surface area contributed by atoms with Gasteiger partial charge in [0.15, 0.2) is 5.76 Å². The second kappa shape index (κ2) is 12.1. The van der Waals surface area contributed by atoms with Crippen LogP contribution in [0.25, 0.3) is 0 Å². The molecule has 3 aromatic rings. The molecule has 8 nitrogen and oxygen atoms in total. The van der Waals surface area contributed by atoms with Crippen molar-refractivity contribution in [3.8, 4) is 5.75 Å². The van der Waals surface area contributed by atoms with Crippen LogP contribution in [0, 0.1) is 0 Å². The van der Waals surface area contributed by atoms with E-state index in [-0.39, 0.29) is 24.3 Å². The van der Waals surface area contributed by atoms with E-state index in [0.29, 0.717) is 17.0 Å². The van der Waals surface area contributed by atoms with Crippen LogP contribution in [0.4, 0.5) is 5.69 Å². The van der Waals surface area contributed by atoms with Gasteiger partial charge in [0.1, 0.15) is 11.8 Å². The number of methoxy groups -OCH3 is 1. The van der Waals surface area contributed by atoms with Crippen LogP contribution in [0.3, 0.4) is 0 Å². The maximum atomic E-state index is 13.8. The summed E-state index contributed by atoms with van der Waals surface area (Å²) in [5.41, 5.74) is 1.15. The van der Waals surface area contributed by atoms with Crippen molar-refractivity contribution in [2.45, 2.75) is 44.2 Å². The van der Waals surface area contributed by atoms with Gasteiger partial charge < -0.3 is 19.8 Å². The molecule has 1 aromatic heterocycles. The molecule has 0 bridgehead atoms. The molecule has 1 aliphatic carbocycles. The van der Waals surface area contributed by atoms with Crippen molar-refractivity contribution in [2.75, 3.05) is 18.6 Å². The normalized spacial score (nSPS) is 14.5. The molecule has 1 atom stereocenters. The summed E-state index contributed by atoms with van der Waals surface area (Å²) in [6, 6.07) is 18.4. The van der Waals surface area contributed by atoms with E-state index in [0.717, 1.165) is 32.1 Å². The molecule has 0 unspecified atom stereocenters. The first-order valence-electron chi connectivity index (χ1n) is 12.2. The summed E-state index contributed by atoms with van der Waals surface area (Å²) in [5, 5.41) is 5.78. The average Bonchev–Trinajstić information content (AvgIpc) is 3.46. The number of furan rings is 1. The molecule has 8 heteroatoms. The Morgan fingerprint density at radius 1 is 1.00 bits per heavy atom. The van der Waals surface area contributed by atoms with E-state index in [1.54, 1.807) is 37.4 Å². The van der Waals surface area contributed by atoms with Gasteiger partial charge in [-0.1, -0.05) is 55.7 Å². The standard InChI is InChI=1S/C28H31N3O5/c1-35-23-15-8-14-22(18-23)31(25(32)19-29-27(33)24-16-9-17-36-24)26(20-10-4-2-5-11-20)28(34)30-21-12-6-3-7-13-21/h2,4-5,8-11,14-18,21,26H,3,6-7,12-13,19H2,1H3,(H,29,33)(H,30,34)/t26-/m0/s1. The summed E-state index contributed by atoms with van der Waals surface area (Å²) in [4.78, 5) is 41.3. The van der Waals surface area contributed by atoms with Crippen molar-refractivity contribution in [2.24, 2.45) is 0 Å². The van der Waals surface area contributed by atoms with Crippen molar-refractivity contribution in [3.63, 3.8) is 0 Å². The molecule has 1 saturated carbocycles. The second-order valence-electron chi connectivity index (χ2n) is 8.78. The minimum absolute atomic E-state index is 0.0679. The molecule has 36 heavy (non-hydrogen) atoms. The third-order valence-electron chi connectivity index (χ3n) is 6.32. The van der Waals surface area contributed by atoms with Crippen molar-refractivity contribution in [1.82, 2.24) is 10.6 Å². The molecule has 1 heterocycles. The highest BCUT2D eigenvalue weighted by Crippen LogP contribution is 2.31. The fraction of sp³-hybridized carbons (Fsp3) is 0.321. The quantitative estimate of drug-likeness (QED) is 0.468. The molecule has 0 spiro atoms. The van der Waals surface area contributed by atoms with E-state index < -0.39 is 17.9 Å². The first-order valence-corrected chi connectivity index (χ1v) is 12.2. The molecule has 0 radical (unpaired) electrons. The van der Waals surface area contributed by atoms with Gasteiger partial charge in [0.2, 0.25) is 11.8 Å². The van der Waals surface area contributed by atoms with Crippen LogP contribution in [0.15, 0.2) is 77.4 Å². The zero-order valence-electron chi connectivity index (χ0n) is 20.3. The fourth-order valence-corrected chi connectivity index (χ4v) is 4.51. The number of ether oxygens (including phenoxy) is 1. The fourth-order valence-electron chi connectivity index (χ4n) is 4.51. The molecule has 188 valence electrons. The van der Waals surface area contributed by atoms with Crippen molar-refractivity contribution in [1.29, 1.82) is 0 Å². The summed E-state index contributed by atoms with van der Waals surface area (Å²) < 4.78 is 10.5. The molecule has 1 aliphatic rings. The number of nitrogens with zero attached hydrogens (tertiary/aromatic N) is 1. The average molecular weight is 490 g/mol. The number of rotatable bonds is 9. The Hall–Kier alpha value is -4.07. The van der Waals surface area contributed by atoms with Crippen LogP contribution in [0.2, 0.25) is 0 Å². The SMILES string of the molecule is COc1cccc(N(C(=O)CNC(=O)c2ccco2)[C@H](C(=O)NC2CCCCC2)c2ccccc2)c1. The van der Waals surface area contributed by atoms with Gasteiger partial charge >= 0.3 is 0 Å². The highest BCUT2D eigenvalue weighted by molar-refractivity contribution is 6.04. The largest absolute Gasteiger partial charge is 0.497 e. The number of hydrogen-bond donors (Lipinski definition) is 2. The van der Waals surface area contributed by atoms with Gasteiger partial charge in [0, 0.05) is 17.8 Å². The molecular formula is C28H31N3O5. The second-order valence-corrected chi connectivity index (χ2v) is 8.78. The molecule has 4 rings (SSSR count). The number of anilines is 1. The molecule has 2 aromatic carbocycles. The highest BCUT2D eigenvalue weighted by atomic mass is 16.5. The summed E-state index contributed by atoms with van der Waals surface area (Å²) >= 11 is 0. The summed E-state index contributed by atoms with van der Waals surface area (Å²) in [6.07, 6.45) is 6.52. The third-order valence-corrected chi connectivity index (χ3v) is 6.32. The predicted octanol–water partition coefficient (Wildman–Crippen LogP) is 4.24. The Kier molecular flexibility index (Phi) is 8.39. The van der Waals surface area contributed by atoms with Gasteiger partial charge in [-0.2, -0.15) is 0 Å². The maximum absolute atomic E-state index is 13.8. The Morgan fingerprint density at radius 3 is 2.47 bits per heavy atom. The van der Waals surface area contributed by atoms with Gasteiger partial charge in [0.25, 0.3) is 5.91 Å². The van der Waals surface area contributed by atoms with Crippen LogP contribution in [-0.4, -0.2) is 37.4 Å². The van der Waals surface area contributed by atoms with Crippen molar-refractivity contribution in [3.05, 3.63) is 84.3 Å². The number of hydrogen-bond acceptors (Lipinski definition) is 5. The number of carbonyl (C=O) groups excluding carboxylic acids is 3. The molecular weight excluding hydrogens is 458 g/mol. The lowest BCUT2D eigenvalue weighted by molar-refractivity contribution is -0.127. The van der Waals surface area contributed by atoms with Gasteiger partial charge in [-0.25, -0.2) is 0 Å². The van der Waals surface area contributed by atoms with E-state index in [9.17, 15) is 14.4 Å². The zero-order chi connectivity index (χ0) is 25.3. The highest BCUT2D eigenvalue weighted by Gasteiger charge is 2.34. The topological polar surface area (TPSA) is 101 Å². The monoisotopic (exact) mass is 489 g/mol. The van der Waals surface area contributed by atoms with Crippen LogP contribution in [0.1, 0.15) is 54.3 Å². The zero-order valence-corrected chi connectivity index (χ0v) is 20.3. The third kappa shape index (κ3) is 6.13. The van der Waals surface area contributed by atoms with Gasteiger partial charge in [0.05, 0.1) is 19.9 Å². The van der Waals surface area contributed by atoms with E-state index >= 15 is 0 Å². The molecule has 3 amide bonds. The molecule has 0 aliphatic heterocycles. The minimum Gasteiger partial charge on any atom is -0.497 e. The number of carbonyl (C=O) groups is 3. The van der Waals surface area contributed by atoms with Crippen LogP contribution in [0.5, 0.6) is 5.75 Å². The van der Waals surface area contributed by atoms with E-state index in [1.807, 2.05) is 30.3 Å². The summed E-state index contributed by atoms with van der Waals surface area (Å²) in [7, 11) is 1.54. The van der Waals surface area contributed by atoms with E-state index in [2.05, 4.69) is 10.6 Å². The Morgan fingerprint density at radius 2 is 1.78 bits per heavy atom. The Balaban J connectivity index is 1.67. The smallest absolute Gasteiger partial charge is 0.287 e.